The van der Waals surface area contributed by atoms with E-state index in [-0.39, 0.29) is 16.9 Å². The third-order valence-electron chi connectivity index (χ3n) is 5.99. The van der Waals surface area contributed by atoms with Crippen LogP contribution in [0.3, 0.4) is 0 Å². The molecule has 4 rings (SSSR count). The summed E-state index contributed by atoms with van der Waals surface area (Å²) in [5.41, 5.74) is -0.756. The Balaban J connectivity index is 1.52. The first-order valence-corrected chi connectivity index (χ1v) is 9.60. The van der Waals surface area contributed by atoms with Crippen molar-refractivity contribution in [3.63, 3.8) is 0 Å². The van der Waals surface area contributed by atoms with Gasteiger partial charge in [-0.1, -0.05) is 25.7 Å². The van der Waals surface area contributed by atoms with Crippen LogP contribution in [0.2, 0.25) is 0 Å². The van der Waals surface area contributed by atoms with E-state index in [1.165, 1.54) is 19.0 Å². The fraction of sp³-hybridized carbons (Fsp3) is 0.579. The third-order valence-corrected chi connectivity index (χ3v) is 5.99. The maximum absolute atomic E-state index is 13.4. The van der Waals surface area contributed by atoms with Gasteiger partial charge in [-0.2, -0.15) is 5.10 Å². The highest BCUT2D eigenvalue weighted by atomic mass is 19.3. The van der Waals surface area contributed by atoms with E-state index in [4.69, 9.17) is 0 Å². The average Bonchev–Trinajstić information content (AvgIpc) is 3.13. The van der Waals surface area contributed by atoms with Crippen LogP contribution in [0.4, 0.5) is 13.2 Å². The molecule has 2 heterocycles. The van der Waals surface area contributed by atoms with Gasteiger partial charge in [0, 0.05) is 12.7 Å². The van der Waals surface area contributed by atoms with Crippen molar-refractivity contribution in [3.8, 4) is 5.95 Å². The van der Waals surface area contributed by atoms with Gasteiger partial charge in [-0.05, 0) is 30.6 Å². The van der Waals surface area contributed by atoms with Crippen molar-refractivity contribution < 1.29 is 18.0 Å². The molecule has 0 spiro atoms. The molecule has 6 nitrogen and oxygen atoms in total. The Bertz CT molecular complexity index is 842. The Morgan fingerprint density at radius 1 is 1.25 bits per heavy atom. The molecular formula is C19H22F3N5O. The van der Waals surface area contributed by atoms with E-state index in [0.29, 0.717) is 6.54 Å². The van der Waals surface area contributed by atoms with Crippen molar-refractivity contribution in [2.24, 2.45) is 11.3 Å². The predicted molar refractivity (Wildman–Crippen MR) is 94.6 cm³/mol. The maximum Gasteiger partial charge on any atom is 0.282 e. The van der Waals surface area contributed by atoms with Crippen LogP contribution >= 0.6 is 0 Å². The molecule has 2 aliphatic carbocycles. The summed E-state index contributed by atoms with van der Waals surface area (Å²) in [6, 6.07) is 0. The van der Waals surface area contributed by atoms with Crippen LogP contribution in [0, 0.1) is 17.2 Å². The Hall–Kier alpha value is -2.45. The number of alkyl halides is 2. The van der Waals surface area contributed by atoms with Crippen LogP contribution in [-0.2, 0) is 0 Å². The molecule has 1 N–H and O–H groups in total. The third kappa shape index (κ3) is 3.74. The van der Waals surface area contributed by atoms with Crippen molar-refractivity contribution in [1.82, 2.24) is 25.1 Å². The zero-order chi connectivity index (χ0) is 19.7. The molecule has 1 amide bonds. The highest BCUT2D eigenvalue weighted by molar-refractivity contribution is 5.95. The number of nitrogens with one attached hydrogen (secondary N) is 1. The summed E-state index contributed by atoms with van der Waals surface area (Å²) in [6.07, 6.45) is 8.10. The van der Waals surface area contributed by atoms with Crippen LogP contribution < -0.4 is 5.32 Å². The first kappa shape index (κ1) is 18.9. The molecule has 2 fully saturated rings. The summed E-state index contributed by atoms with van der Waals surface area (Å²) in [5, 5.41) is 6.60. The van der Waals surface area contributed by atoms with Gasteiger partial charge in [-0.3, -0.25) is 4.79 Å². The molecule has 2 aliphatic rings. The normalized spacial score (nSPS) is 24.4. The molecule has 2 aromatic heterocycles. The molecule has 2 aromatic rings. The number of fused-ring (bicyclic) bond motifs is 2. The average molecular weight is 393 g/mol. The van der Waals surface area contributed by atoms with E-state index in [1.807, 2.05) is 0 Å². The summed E-state index contributed by atoms with van der Waals surface area (Å²) < 4.78 is 40.8. The van der Waals surface area contributed by atoms with Crippen LogP contribution in [-0.4, -0.2) is 32.2 Å². The van der Waals surface area contributed by atoms with E-state index >= 15 is 0 Å². The van der Waals surface area contributed by atoms with Crippen LogP contribution in [0.15, 0.2) is 18.6 Å². The van der Waals surface area contributed by atoms with Gasteiger partial charge in [0.05, 0.1) is 18.0 Å². The zero-order valence-corrected chi connectivity index (χ0v) is 15.4. The number of nitrogens with zero attached hydrogens (tertiary/aromatic N) is 4. The van der Waals surface area contributed by atoms with E-state index in [0.717, 1.165) is 55.1 Å². The number of carbonyl (C=O) groups excluding carboxylic acids is 1. The number of amides is 1. The largest absolute Gasteiger partial charge is 0.351 e. The van der Waals surface area contributed by atoms with Gasteiger partial charge in [0.2, 0.25) is 0 Å². The topological polar surface area (TPSA) is 72.7 Å². The molecule has 0 aromatic carbocycles. The minimum atomic E-state index is -2.92. The quantitative estimate of drug-likeness (QED) is 0.838. The predicted octanol–water partition coefficient (Wildman–Crippen LogP) is 3.83. The number of halogens is 3. The molecule has 0 aliphatic heterocycles. The Morgan fingerprint density at radius 2 is 1.93 bits per heavy atom. The second kappa shape index (κ2) is 7.52. The molecule has 0 atom stereocenters. The van der Waals surface area contributed by atoms with Gasteiger partial charge >= 0.3 is 0 Å². The minimum absolute atomic E-state index is 0.0802. The SMILES string of the molecule is O=C(NCC12CCCC(CCC1)C2)c1cn(-c2ncc(F)cn2)nc1C(F)F. The number of rotatable bonds is 5. The fourth-order valence-corrected chi connectivity index (χ4v) is 4.68. The maximum atomic E-state index is 13.4. The number of aromatic nitrogens is 4. The van der Waals surface area contributed by atoms with Gasteiger partial charge in [0.1, 0.15) is 5.69 Å². The fourth-order valence-electron chi connectivity index (χ4n) is 4.68. The van der Waals surface area contributed by atoms with Crippen molar-refractivity contribution in [1.29, 1.82) is 0 Å². The first-order valence-electron chi connectivity index (χ1n) is 9.60. The van der Waals surface area contributed by atoms with Gasteiger partial charge in [0.25, 0.3) is 18.3 Å². The lowest BCUT2D eigenvalue weighted by atomic mass is 9.62. The molecule has 2 saturated carbocycles. The van der Waals surface area contributed by atoms with Crippen LogP contribution in [0.5, 0.6) is 0 Å². The lowest BCUT2D eigenvalue weighted by molar-refractivity contribution is 0.0677. The van der Waals surface area contributed by atoms with Crippen molar-refractivity contribution >= 4 is 5.91 Å². The highest BCUT2D eigenvalue weighted by Crippen LogP contribution is 2.48. The first-order chi connectivity index (χ1) is 13.5. The van der Waals surface area contributed by atoms with Gasteiger partial charge in [-0.25, -0.2) is 27.8 Å². The van der Waals surface area contributed by atoms with Crippen molar-refractivity contribution in [2.45, 2.75) is 51.4 Å². The smallest absolute Gasteiger partial charge is 0.282 e. The second-order valence-corrected chi connectivity index (χ2v) is 7.91. The second-order valence-electron chi connectivity index (χ2n) is 7.91. The number of hydrogen-bond donors (Lipinski definition) is 1. The molecule has 0 radical (unpaired) electrons. The van der Waals surface area contributed by atoms with Crippen LogP contribution in [0.1, 0.15) is 67.4 Å². The van der Waals surface area contributed by atoms with E-state index in [9.17, 15) is 18.0 Å². The summed E-state index contributed by atoms with van der Waals surface area (Å²) in [4.78, 5) is 20.1. The Morgan fingerprint density at radius 3 is 2.57 bits per heavy atom. The Kier molecular flexibility index (Phi) is 5.07. The number of carbonyl (C=O) groups is 1. The van der Waals surface area contributed by atoms with Crippen molar-refractivity contribution in [2.75, 3.05) is 6.54 Å². The van der Waals surface area contributed by atoms with Crippen LogP contribution in [0.25, 0.3) is 5.95 Å². The van der Waals surface area contributed by atoms with Gasteiger partial charge in [0.15, 0.2) is 5.82 Å². The lowest BCUT2D eigenvalue weighted by Gasteiger charge is -2.45. The molecule has 0 unspecified atom stereocenters. The van der Waals surface area contributed by atoms with E-state index < -0.39 is 23.8 Å². The van der Waals surface area contributed by atoms with E-state index in [1.54, 1.807) is 0 Å². The van der Waals surface area contributed by atoms with Crippen molar-refractivity contribution in [3.05, 3.63) is 35.7 Å². The molecule has 9 heteroatoms. The standard InChI is InChI=1S/C19H22F3N5O/c20-13-8-23-18(24-9-13)27-10-14(15(26-27)16(21)22)17(28)25-11-19-5-1-3-12(7-19)4-2-6-19/h8-10,12,16H,1-7,11H2,(H,25,28). The minimum Gasteiger partial charge on any atom is -0.351 e. The summed E-state index contributed by atoms with van der Waals surface area (Å²) >= 11 is 0. The number of hydrogen-bond acceptors (Lipinski definition) is 4. The zero-order valence-electron chi connectivity index (χ0n) is 15.4. The molecule has 2 bridgehead atoms. The molecule has 150 valence electrons. The highest BCUT2D eigenvalue weighted by Gasteiger charge is 2.39. The molecule has 28 heavy (non-hydrogen) atoms. The van der Waals surface area contributed by atoms with Gasteiger partial charge in [-0.15, -0.1) is 0 Å². The monoisotopic (exact) mass is 393 g/mol. The summed E-state index contributed by atoms with van der Waals surface area (Å²) in [7, 11) is 0. The summed E-state index contributed by atoms with van der Waals surface area (Å²) in [5.74, 6) is -0.594. The Labute approximate surface area is 160 Å². The molecular weight excluding hydrogens is 371 g/mol. The van der Waals surface area contributed by atoms with Gasteiger partial charge < -0.3 is 5.32 Å². The molecule has 0 saturated heterocycles. The summed E-state index contributed by atoms with van der Waals surface area (Å²) in [6.45, 7) is 0.489. The lowest BCUT2D eigenvalue weighted by Crippen LogP contribution is -2.43. The van der Waals surface area contributed by atoms with E-state index in [2.05, 4.69) is 20.4 Å².